The van der Waals surface area contributed by atoms with E-state index in [0.717, 1.165) is 11.1 Å². The van der Waals surface area contributed by atoms with E-state index in [4.69, 9.17) is 14.8 Å². The molecule has 0 fully saturated rings. The summed E-state index contributed by atoms with van der Waals surface area (Å²) >= 11 is 0. The maximum absolute atomic E-state index is 12.4. The molecule has 0 radical (unpaired) electrons. The third kappa shape index (κ3) is 4.87. The van der Waals surface area contributed by atoms with Gasteiger partial charge in [-0.3, -0.25) is 0 Å². The van der Waals surface area contributed by atoms with Gasteiger partial charge >= 0.3 is 13.1 Å². The summed E-state index contributed by atoms with van der Waals surface area (Å²) in [6.07, 6.45) is 0. The molecule has 0 heterocycles. The zero-order valence-corrected chi connectivity index (χ0v) is 15.9. The highest BCUT2D eigenvalue weighted by Crippen LogP contribution is 2.31. The van der Waals surface area contributed by atoms with Crippen molar-refractivity contribution < 1.29 is 24.7 Å². The van der Waals surface area contributed by atoms with Crippen molar-refractivity contribution in [2.24, 2.45) is 10.2 Å². The zero-order valence-electron chi connectivity index (χ0n) is 15.9. The molecule has 3 N–H and O–H groups in total. The Hall–Kier alpha value is -3.49. The van der Waals surface area contributed by atoms with Gasteiger partial charge in [-0.2, -0.15) is 10.2 Å². The fourth-order valence-electron chi connectivity index (χ4n) is 2.58. The predicted molar refractivity (Wildman–Crippen MR) is 109 cm³/mol. The van der Waals surface area contributed by atoms with Crippen LogP contribution in [0, 0.1) is 13.8 Å². The first-order valence-corrected chi connectivity index (χ1v) is 8.84. The molecular formula is C21H19BN2O5. The second-order valence-corrected chi connectivity index (χ2v) is 6.43. The van der Waals surface area contributed by atoms with Gasteiger partial charge in [-0.05, 0) is 79.0 Å². The molecule has 0 aromatic heterocycles. The average Bonchev–Trinajstić information content (AvgIpc) is 2.72. The maximum atomic E-state index is 12.4. The lowest BCUT2D eigenvalue weighted by molar-refractivity contribution is 0.0733. The quantitative estimate of drug-likeness (QED) is 0.268. The number of phenols is 1. The summed E-state index contributed by atoms with van der Waals surface area (Å²) < 4.78 is 5.48. The smallest absolute Gasteiger partial charge is 0.488 e. The van der Waals surface area contributed by atoms with Crippen LogP contribution < -0.4 is 10.2 Å². The minimum atomic E-state index is -1.59. The van der Waals surface area contributed by atoms with Crippen LogP contribution in [0.2, 0.25) is 0 Å². The van der Waals surface area contributed by atoms with Crippen LogP contribution in [0.15, 0.2) is 70.9 Å². The van der Waals surface area contributed by atoms with Crippen LogP contribution in [0.1, 0.15) is 21.5 Å². The van der Waals surface area contributed by atoms with Crippen LogP contribution in [0.5, 0.6) is 11.5 Å². The third-order valence-corrected chi connectivity index (χ3v) is 4.48. The Morgan fingerprint density at radius 1 is 0.862 bits per heavy atom. The minimum absolute atomic E-state index is 0.157. The number of esters is 1. The van der Waals surface area contributed by atoms with Gasteiger partial charge in [0.2, 0.25) is 0 Å². The lowest BCUT2D eigenvalue weighted by Gasteiger charge is -2.11. The van der Waals surface area contributed by atoms with Gasteiger partial charge in [0.25, 0.3) is 0 Å². The van der Waals surface area contributed by atoms with Crippen molar-refractivity contribution in [3.05, 3.63) is 77.4 Å². The van der Waals surface area contributed by atoms with Crippen molar-refractivity contribution in [1.82, 2.24) is 0 Å². The summed E-state index contributed by atoms with van der Waals surface area (Å²) in [7, 11) is -1.59. The summed E-state index contributed by atoms with van der Waals surface area (Å²) in [6, 6.07) is 15.6. The molecule has 0 aliphatic heterocycles. The molecule has 0 bridgehead atoms. The van der Waals surface area contributed by atoms with E-state index < -0.39 is 13.1 Å². The van der Waals surface area contributed by atoms with Gasteiger partial charge in [-0.15, -0.1) is 0 Å². The van der Waals surface area contributed by atoms with Crippen molar-refractivity contribution in [3.63, 3.8) is 0 Å². The molecule has 3 aromatic rings. The molecule has 0 aliphatic rings. The fraction of sp³-hybridized carbons (Fsp3) is 0.0952. The number of rotatable bonds is 5. The molecule has 0 saturated carbocycles. The van der Waals surface area contributed by atoms with E-state index in [1.54, 1.807) is 24.3 Å². The molecule has 0 spiro atoms. The average molecular weight is 390 g/mol. The van der Waals surface area contributed by atoms with E-state index >= 15 is 0 Å². The Morgan fingerprint density at radius 3 is 2.14 bits per heavy atom. The molecule has 0 atom stereocenters. The number of carbonyl (C=O) groups is 1. The molecule has 3 rings (SSSR count). The highest BCUT2D eigenvalue weighted by molar-refractivity contribution is 6.58. The first-order chi connectivity index (χ1) is 13.8. The predicted octanol–water partition coefficient (Wildman–Crippen LogP) is 3.32. The molecule has 3 aromatic carbocycles. The van der Waals surface area contributed by atoms with E-state index in [1.807, 2.05) is 13.8 Å². The standard InChI is InChI=1S/C21H19BN2O5/c1-13-14(2)20(29-21(26)15-3-5-16(6-4-15)22(27)28)12-11-19(13)24-23-17-7-9-18(25)10-8-17/h3-12,25,27-28H,1-2H3/b24-23+. The highest BCUT2D eigenvalue weighted by atomic mass is 16.5. The molecule has 0 unspecified atom stereocenters. The molecule has 8 heteroatoms. The fourth-order valence-corrected chi connectivity index (χ4v) is 2.58. The Bertz CT molecular complexity index is 1050. The number of phenolic OH excluding ortho intramolecular Hbond substituents is 1. The van der Waals surface area contributed by atoms with Crippen LogP contribution in [-0.2, 0) is 0 Å². The van der Waals surface area contributed by atoms with Crippen molar-refractivity contribution >= 4 is 29.9 Å². The Kier molecular flexibility index (Phi) is 6.06. The molecule has 0 saturated heterocycles. The van der Waals surface area contributed by atoms with Gasteiger partial charge in [-0.25, -0.2) is 4.79 Å². The van der Waals surface area contributed by atoms with Gasteiger partial charge in [0, 0.05) is 0 Å². The minimum Gasteiger partial charge on any atom is -0.508 e. The maximum Gasteiger partial charge on any atom is 0.488 e. The van der Waals surface area contributed by atoms with Gasteiger partial charge in [0.1, 0.15) is 11.5 Å². The Labute approximate surface area is 168 Å². The first kappa shape index (κ1) is 20.3. The second kappa shape index (κ2) is 8.68. The Morgan fingerprint density at radius 2 is 1.52 bits per heavy atom. The lowest BCUT2D eigenvalue weighted by atomic mass is 9.80. The van der Waals surface area contributed by atoms with Gasteiger partial charge in [0.15, 0.2) is 0 Å². The summed E-state index contributed by atoms with van der Waals surface area (Å²) in [5.74, 6) is 0.0108. The number of azo groups is 1. The molecule has 0 aliphatic carbocycles. The number of ether oxygens (including phenoxy) is 1. The number of hydrogen-bond donors (Lipinski definition) is 3. The van der Waals surface area contributed by atoms with Gasteiger partial charge < -0.3 is 19.9 Å². The molecule has 146 valence electrons. The van der Waals surface area contributed by atoms with Crippen molar-refractivity contribution in [3.8, 4) is 11.5 Å². The number of carbonyl (C=O) groups excluding carboxylic acids is 1. The number of hydrogen-bond acceptors (Lipinski definition) is 7. The van der Waals surface area contributed by atoms with E-state index in [-0.39, 0.29) is 11.2 Å². The first-order valence-electron chi connectivity index (χ1n) is 8.84. The number of benzene rings is 3. The van der Waals surface area contributed by atoms with Crippen molar-refractivity contribution in [1.29, 1.82) is 0 Å². The highest BCUT2D eigenvalue weighted by Gasteiger charge is 2.15. The topological polar surface area (TPSA) is 112 Å². The summed E-state index contributed by atoms with van der Waals surface area (Å²) in [5.41, 5.74) is 3.39. The van der Waals surface area contributed by atoms with Crippen molar-refractivity contribution in [2.45, 2.75) is 13.8 Å². The normalized spacial score (nSPS) is 10.9. The van der Waals surface area contributed by atoms with E-state index in [9.17, 15) is 9.90 Å². The molecular weight excluding hydrogens is 371 g/mol. The monoisotopic (exact) mass is 390 g/mol. The van der Waals surface area contributed by atoms with Crippen LogP contribution in [0.25, 0.3) is 0 Å². The largest absolute Gasteiger partial charge is 0.508 e. The second-order valence-electron chi connectivity index (χ2n) is 6.43. The van der Waals surface area contributed by atoms with Crippen molar-refractivity contribution in [2.75, 3.05) is 0 Å². The number of nitrogens with zero attached hydrogens (tertiary/aromatic N) is 2. The van der Waals surface area contributed by atoms with Gasteiger partial charge in [0.05, 0.1) is 16.9 Å². The lowest BCUT2D eigenvalue weighted by Crippen LogP contribution is -2.29. The summed E-state index contributed by atoms with van der Waals surface area (Å²) in [5, 5.41) is 35.9. The zero-order chi connectivity index (χ0) is 21.0. The molecule has 29 heavy (non-hydrogen) atoms. The number of aromatic hydroxyl groups is 1. The van der Waals surface area contributed by atoms with E-state index in [2.05, 4.69) is 10.2 Å². The molecule has 7 nitrogen and oxygen atoms in total. The van der Waals surface area contributed by atoms with Crippen LogP contribution >= 0.6 is 0 Å². The third-order valence-electron chi connectivity index (χ3n) is 4.48. The van der Waals surface area contributed by atoms with Gasteiger partial charge in [-0.1, -0.05) is 12.1 Å². The summed E-state index contributed by atoms with van der Waals surface area (Å²) in [6.45, 7) is 3.68. The SMILES string of the molecule is Cc1c(/N=N/c2ccc(O)cc2)ccc(OC(=O)c2ccc(B(O)O)cc2)c1C. The van der Waals surface area contributed by atoms with Crippen LogP contribution in [-0.4, -0.2) is 28.2 Å². The Balaban J connectivity index is 1.76. The van der Waals surface area contributed by atoms with E-state index in [0.29, 0.717) is 22.7 Å². The van der Waals surface area contributed by atoms with Crippen LogP contribution in [0.4, 0.5) is 11.4 Å². The van der Waals surface area contributed by atoms with E-state index in [1.165, 1.54) is 36.4 Å². The molecule has 0 amide bonds. The summed E-state index contributed by atoms with van der Waals surface area (Å²) in [4.78, 5) is 12.4. The van der Waals surface area contributed by atoms with Crippen LogP contribution in [0.3, 0.4) is 0 Å².